The van der Waals surface area contributed by atoms with Crippen molar-refractivity contribution in [1.82, 2.24) is 10.2 Å². The number of rotatable bonds is 4. The molecule has 0 radical (unpaired) electrons. The number of halogens is 1. The van der Waals surface area contributed by atoms with Crippen molar-refractivity contribution in [3.8, 4) is 0 Å². The lowest BCUT2D eigenvalue weighted by Gasteiger charge is -2.10. The Kier molecular flexibility index (Phi) is 3.57. The standard InChI is InChI=1S/C10H10FN5O3S/c11-6-1-2-9(8(3-6)10(12)15-17)16-20(18,19)7-4-13-14-5-7/h1-5,16-17H,(H2,12,15)(H,13,14). The second kappa shape index (κ2) is 5.17. The fraction of sp³-hybridized carbons (Fsp3) is 0. The third kappa shape index (κ3) is 2.69. The van der Waals surface area contributed by atoms with Crippen molar-refractivity contribution < 1.29 is 18.0 Å². The first-order chi connectivity index (χ1) is 9.44. The number of hydrogen-bond acceptors (Lipinski definition) is 5. The van der Waals surface area contributed by atoms with Crippen molar-refractivity contribution >= 4 is 21.5 Å². The highest BCUT2D eigenvalue weighted by molar-refractivity contribution is 7.92. The summed E-state index contributed by atoms with van der Waals surface area (Å²) in [4.78, 5) is -0.104. The number of amidine groups is 1. The first kappa shape index (κ1) is 13.8. The molecule has 20 heavy (non-hydrogen) atoms. The number of H-pyrrole nitrogens is 1. The Morgan fingerprint density at radius 2 is 2.25 bits per heavy atom. The lowest BCUT2D eigenvalue weighted by Crippen LogP contribution is -2.19. The van der Waals surface area contributed by atoms with Crippen LogP contribution < -0.4 is 10.5 Å². The van der Waals surface area contributed by atoms with Crippen LogP contribution in [0.2, 0.25) is 0 Å². The Bertz CT molecular complexity index is 742. The van der Waals surface area contributed by atoms with Crippen LogP contribution in [0.3, 0.4) is 0 Å². The minimum atomic E-state index is -3.91. The number of anilines is 1. The van der Waals surface area contributed by atoms with Gasteiger partial charge in [0.05, 0.1) is 11.9 Å². The summed E-state index contributed by atoms with van der Waals surface area (Å²) in [5.41, 5.74) is 5.27. The number of hydrogen-bond donors (Lipinski definition) is 4. The molecule has 0 atom stereocenters. The second-order valence-corrected chi connectivity index (χ2v) is 5.40. The van der Waals surface area contributed by atoms with Gasteiger partial charge in [0.2, 0.25) is 0 Å². The van der Waals surface area contributed by atoms with Gasteiger partial charge < -0.3 is 10.9 Å². The van der Waals surface area contributed by atoms with Gasteiger partial charge in [-0.2, -0.15) is 5.10 Å². The summed E-state index contributed by atoms with van der Waals surface area (Å²) >= 11 is 0. The van der Waals surface area contributed by atoms with Crippen LogP contribution in [-0.2, 0) is 10.0 Å². The van der Waals surface area contributed by atoms with Crippen LogP contribution in [0, 0.1) is 5.82 Å². The summed E-state index contributed by atoms with van der Waals surface area (Å²) in [6.45, 7) is 0. The maximum Gasteiger partial charge on any atom is 0.265 e. The molecule has 8 nitrogen and oxygen atoms in total. The number of sulfonamides is 1. The van der Waals surface area contributed by atoms with E-state index < -0.39 is 21.7 Å². The van der Waals surface area contributed by atoms with E-state index in [0.717, 1.165) is 18.3 Å². The molecule has 0 fully saturated rings. The van der Waals surface area contributed by atoms with Gasteiger partial charge in [0.1, 0.15) is 10.7 Å². The van der Waals surface area contributed by atoms with Gasteiger partial charge in [-0.3, -0.25) is 9.82 Å². The summed E-state index contributed by atoms with van der Waals surface area (Å²) in [6.07, 6.45) is 2.28. The summed E-state index contributed by atoms with van der Waals surface area (Å²) in [5.74, 6) is -1.08. The van der Waals surface area contributed by atoms with Gasteiger partial charge >= 0.3 is 0 Å². The molecule has 0 aliphatic carbocycles. The normalized spacial score (nSPS) is 12.3. The monoisotopic (exact) mass is 299 g/mol. The van der Waals surface area contributed by atoms with E-state index >= 15 is 0 Å². The van der Waals surface area contributed by atoms with Crippen LogP contribution in [0.5, 0.6) is 0 Å². The maximum atomic E-state index is 13.2. The number of oxime groups is 1. The van der Waals surface area contributed by atoms with Gasteiger partial charge in [0.25, 0.3) is 10.0 Å². The Labute approximate surface area is 113 Å². The molecule has 0 bridgehead atoms. The quantitative estimate of drug-likeness (QED) is 0.281. The predicted octanol–water partition coefficient (Wildman–Crippen LogP) is 0.444. The number of aromatic nitrogens is 2. The second-order valence-electron chi connectivity index (χ2n) is 3.71. The van der Waals surface area contributed by atoms with Crippen LogP contribution in [0.15, 0.2) is 40.6 Å². The Balaban J connectivity index is 2.45. The lowest BCUT2D eigenvalue weighted by molar-refractivity contribution is 0.318. The lowest BCUT2D eigenvalue weighted by atomic mass is 10.1. The zero-order valence-electron chi connectivity index (χ0n) is 9.91. The van der Waals surface area contributed by atoms with Crippen LogP contribution in [0.4, 0.5) is 10.1 Å². The number of nitrogens with two attached hydrogens (primary N) is 1. The maximum absolute atomic E-state index is 13.2. The van der Waals surface area contributed by atoms with E-state index in [0.29, 0.717) is 0 Å². The summed E-state index contributed by atoms with van der Waals surface area (Å²) < 4.78 is 39.4. The average molecular weight is 299 g/mol. The van der Waals surface area contributed by atoms with E-state index in [4.69, 9.17) is 10.9 Å². The van der Waals surface area contributed by atoms with Crippen molar-refractivity contribution in [2.75, 3.05) is 4.72 Å². The first-order valence-electron chi connectivity index (χ1n) is 5.23. The first-order valence-corrected chi connectivity index (χ1v) is 6.71. The third-order valence-corrected chi connectivity index (χ3v) is 3.73. The van der Waals surface area contributed by atoms with Gasteiger partial charge in [0.15, 0.2) is 5.84 Å². The number of nitrogens with zero attached hydrogens (tertiary/aromatic N) is 2. The van der Waals surface area contributed by atoms with E-state index in [-0.39, 0.29) is 16.1 Å². The molecular formula is C10H10FN5O3S. The highest BCUT2D eigenvalue weighted by Gasteiger charge is 2.18. The molecule has 1 heterocycles. The molecule has 0 amide bonds. The van der Waals surface area contributed by atoms with E-state index in [1.165, 1.54) is 12.3 Å². The molecule has 1 aromatic heterocycles. The minimum Gasteiger partial charge on any atom is -0.409 e. The Morgan fingerprint density at radius 3 is 2.85 bits per heavy atom. The number of aromatic amines is 1. The van der Waals surface area contributed by atoms with Gasteiger partial charge in [-0.05, 0) is 18.2 Å². The summed E-state index contributed by atoms with van der Waals surface area (Å²) in [5, 5.41) is 17.2. The van der Waals surface area contributed by atoms with Crippen molar-refractivity contribution in [3.05, 3.63) is 42.0 Å². The van der Waals surface area contributed by atoms with Gasteiger partial charge in [-0.1, -0.05) is 5.16 Å². The molecule has 2 aromatic rings. The highest BCUT2D eigenvalue weighted by Crippen LogP contribution is 2.20. The summed E-state index contributed by atoms with van der Waals surface area (Å²) in [7, 11) is -3.91. The van der Waals surface area contributed by atoms with E-state index in [9.17, 15) is 12.8 Å². The van der Waals surface area contributed by atoms with Crippen molar-refractivity contribution in [1.29, 1.82) is 0 Å². The van der Waals surface area contributed by atoms with Crippen molar-refractivity contribution in [3.63, 3.8) is 0 Å². The fourth-order valence-corrected chi connectivity index (χ4v) is 2.45. The van der Waals surface area contributed by atoms with E-state index in [1.807, 2.05) is 0 Å². The average Bonchev–Trinajstić information content (AvgIpc) is 2.94. The van der Waals surface area contributed by atoms with Gasteiger partial charge in [0, 0.05) is 11.8 Å². The highest BCUT2D eigenvalue weighted by atomic mass is 32.2. The molecule has 0 aliphatic heterocycles. The molecule has 2 rings (SSSR count). The fourth-order valence-electron chi connectivity index (χ4n) is 1.46. The van der Waals surface area contributed by atoms with Crippen LogP contribution in [0.25, 0.3) is 0 Å². The van der Waals surface area contributed by atoms with Gasteiger partial charge in [-0.15, -0.1) is 0 Å². The molecule has 10 heteroatoms. The molecular weight excluding hydrogens is 289 g/mol. The van der Waals surface area contributed by atoms with Crippen LogP contribution >= 0.6 is 0 Å². The van der Waals surface area contributed by atoms with Crippen LogP contribution in [0.1, 0.15) is 5.56 Å². The molecule has 0 saturated carbocycles. The Morgan fingerprint density at radius 1 is 1.50 bits per heavy atom. The van der Waals surface area contributed by atoms with E-state index in [1.54, 1.807) is 0 Å². The molecule has 0 aliphatic rings. The van der Waals surface area contributed by atoms with Crippen molar-refractivity contribution in [2.24, 2.45) is 10.9 Å². The molecule has 0 saturated heterocycles. The van der Waals surface area contributed by atoms with E-state index in [2.05, 4.69) is 20.1 Å². The Hall–Kier alpha value is -2.62. The number of benzene rings is 1. The van der Waals surface area contributed by atoms with Crippen LogP contribution in [-0.4, -0.2) is 29.7 Å². The molecule has 1 aromatic carbocycles. The van der Waals surface area contributed by atoms with Crippen molar-refractivity contribution in [2.45, 2.75) is 4.90 Å². The zero-order valence-corrected chi connectivity index (χ0v) is 10.7. The SMILES string of the molecule is N/C(=N/O)c1cc(F)ccc1NS(=O)(=O)c1cn[nH]c1. The van der Waals surface area contributed by atoms with Gasteiger partial charge in [-0.25, -0.2) is 12.8 Å². The largest absolute Gasteiger partial charge is 0.409 e. The minimum absolute atomic E-state index is 0.0251. The smallest absolute Gasteiger partial charge is 0.265 e. The molecule has 5 N–H and O–H groups in total. The topological polar surface area (TPSA) is 133 Å². The molecule has 0 unspecified atom stereocenters. The zero-order chi connectivity index (χ0) is 14.8. The molecule has 106 valence electrons. The molecule has 0 spiro atoms. The third-order valence-electron chi connectivity index (χ3n) is 2.39. The summed E-state index contributed by atoms with van der Waals surface area (Å²) in [6, 6.07) is 3.16. The number of nitrogens with one attached hydrogen (secondary N) is 2. The predicted molar refractivity (Wildman–Crippen MR) is 68.3 cm³/mol.